The fraction of sp³-hybridized carbons (Fsp3) is 0.522. The van der Waals surface area contributed by atoms with E-state index in [0.717, 1.165) is 42.8 Å². The third-order valence-corrected chi connectivity index (χ3v) is 6.79. The molecule has 0 unspecified atom stereocenters. The van der Waals surface area contributed by atoms with Crippen molar-refractivity contribution in [3.05, 3.63) is 51.7 Å². The summed E-state index contributed by atoms with van der Waals surface area (Å²) >= 11 is 7.65. The van der Waals surface area contributed by atoms with Gasteiger partial charge in [-0.1, -0.05) is 31.2 Å². The zero-order valence-corrected chi connectivity index (χ0v) is 19.0. The van der Waals surface area contributed by atoms with E-state index in [4.69, 9.17) is 12.2 Å². The van der Waals surface area contributed by atoms with Crippen LogP contribution in [0.1, 0.15) is 42.2 Å². The fourth-order valence-corrected chi connectivity index (χ4v) is 4.99. The van der Waals surface area contributed by atoms with Crippen molar-refractivity contribution in [2.75, 3.05) is 31.5 Å². The van der Waals surface area contributed by atoms with Gasteiger partial charge in [0.1, 0.15) is 0 Å². The summed E-state index contributed by atoms with van der Waals surface area (Å²) < 4.78 is 0. The maximum absolute atomic E-state index is 5.84. The smallest absolute Gasteiger partial charge is 0.173 e. The van der Waals surface area contributed by atoms with Crippen LogP contribution in [0.2, 0.25) is 0 Å². The first-order chi connectivity index (χ1) is 13.5. The summed E-state index contributed by atoms with van der Waals surface area (Å²) in [4.78, 5) is 6.32. The third-order valence-electron chi connectivity index (χ3n) is 5.57. The third kappa shape index (κ3) is 6.03. The van der Waals surface area contributed by atoms with E-state index in [2.05, 4.69) is 71.6 Å². The summed E-state index contributed by atoms with van der Waals surface area (Å²) in [6.07, 6.45) is 3.87. The standard InChI is InChI=1S/C23H33N3S2/c1-18-8-5-12-25(16-18)13-7-14-26(17-21-11-6-15-28-21)23(27)24-22-19(2)9-4-10-20(22)3/h4,6,9-11,15,18H,5,7-8,12-14,16-17H2,1-3H3,(H,24,27)/t18-/m1/s1. The number of benzene rings is 1. The van der Waals surface area contributed by atoms with Crippen LogP contribution >= 0.6 is 23.6 Å². The molecule has 2 heterocycles. The number of anilines is 1. The molecule has 1 aromatic heterocycles. The number of aryl methyl sites for hydroxylation is 2. The lowest BCUT2D eigenvalue weighted by Crippen LogP contribution is -2.39. The molecule has 0 radical (unpaired) electrons. The molecule has 2 aromatic rings. The average Bonchev–Trinajstić information content (AvgIpc) is 3.17. The van der Waals surface area contributed by atoms with Gasteiger partial charge in [0.25, 0.3) is 0 Å². The normalized spacial score (nSPS) is 17.5. The second kappa shape index (κ2) is 10.4. The van der Waals surface area contributed by atoms with E-state index in [9.17, 15) is 0 Å². The molecule has 3 rings (SSSR count). The van der Waals surface area contributed by atoms with Gasteiger partial charge in [0.15, 0.2) is 5.11 Å². The number of nitrogens with zero attached hydrogens (tertiary/aromatic N) is 2. The number of likely N-dealkylation sites (tertiary alicyclic amines) is 1. The van der Waals surface area contributed by atoms with Crippen LogP contribution in [0.3, 0.4) is 0 Å². The van der Waals surface area contributed by atoms with Crippen LogP contribution in [0.25, 0.3) is 0 Å². The van der Waals surface area contributed by atoms with E-state index in [1.807, 2.05) is 0 Å². The van der Waals surface area contributed by atoms with Gasteiger partial charge in [-0.15, -0.1) is 11.3 Å². The largest absolute Gasteiger partial charge is 0.344 e. The number of piperidine rings is 1. The molecule has 1 N–H and O–H groups in total. The number of thiocarbonyl (C=S) groups is 1. The Bertz CT molecular complexity index is 737. The second-order valence-corrected chi connectivity index (χ2v) is 9.52. The van der Waals surface area contributed by atoms with Crippen molar-refractivity contribution in [3.63, 3.8) is 0 Å². The highest BCUT2D eigenvalue weighted by Crippen LogP contribution is 2.21. The molecule has 152 valence electrons. The predicted molar refractivity (Wildman–Crippen MR) is 126 cm³/mol. The van der Waals surface area contributed by atoms with E-state index < -0.39 is 0 Å². The molecule has 1 fully saturated rings. The first-order valence-corrected chi connectivity index (χ1v) is 11.7. The molecule has 28 heavy (non-hydrogen) atoms. The average molecular weight is 416 g/mol. The topological polar surface area (TPSA) is 18.5 Å². The molecule has 1 aliphatic heterocycles. The van der Waals surface area contributed by atoms with Gasteiger partial charge >= 0.3 is 0 Å². The molecule has 5 heteroatoms. The summed E-state index contributed by atoms with van der Waals surface area (Å²) in [6, 6.07) is 10.7. The number of thiophene rings is 1. The maximum atomic E-state index is 5.84. The molecule has 1 aliphatic rings. The number of rotatable bonds is 7. The molecule has 0 spiro atoms. The monoisotopic (exact) mass is 415 g/mol. The van der Waals surface area contributed by atoms with E-state index in [0.29, 0.717) is 0 Å². The molecular formula is C23H33N3S2. The van der Waals surface area contributed by atoms with Crippen LogP contribution in [0.4, 0.5) is 5.69 Å². The summed E-state index contributed by atoms with van der Waals surface area (Å²) in [5.41, 5.74) is 3.62. The minimum absolute atomic E-state index is 0.831. The molecule has 3 nitrogen and oxygen atoms in total. The molecule has 1 atom stereocenters. The Kier molecular flexibility index (Phi) is 7.89. The van der Waals surface area contributed by atoms with E-state index >= 15 is 0 Å². The number of hydrogen-bond acceptors (Lipinski definition) is 3. The minimum atomic E-state index is 0.831. The number of nitrogens with one attached hydrogen (secondary N) is 1. The Labute approximate surface area is 179 Å². The summed E-state index contributed by atoms with van der Waals surface area (Å²) in [5.74, 6) is 0.836. The van der Waals surface area contributed by atoms with Crippen LogP contribution in [0.15, 0.2) is 35.7 Å². The molecule has 0 bridgehead atoms. The van der Waals surface area contributed by atoms with Crippen molar-refractivity contribution in [1.82, 2.24) is 9.80 Å². The van der Waals surface area contributed by atoms with Crippen molar-refractivity contribution < 1.29 is 0 Å². The van der Waals surface area contributed by atoms with Gasteiger partial charge in [0, 0.05) is 23.7 Å². The first kappa shape index (κ1) is 21.3. The molecule has 0 aliphatic carbocycles. The van der Waals surface area contributed by atoms with Crippen molar-refractivity contribution in [2.45, 2.75) is 46.6 Å². The van der Waals surface area contributed by atoms with Gasteiger partial charge in [0.05, 0.1) is 6.54 Å². The summed E-state index contributed by atoms with van der Waals surface area (Å²) in [7, 11) is 0. The zero-order valence-electron chi connectivity index (χ0n) is 17.4. The Balaban J connectivity index is 1.61. The second-order valence-electron chi connectivity index (χ2n) is 8.10. The Morgan fingerprint density at radius 2 is 2.04 bits per heavy atom. The van der Waals surface area contributed by atoms with Crippen molar-refractivity contribution in [3.8, 4) is 0 Å². The molecule has 0 saturated carbocycles. The molecule has 0 amide bonds. The lowest BCUT2D eigenvalue weighted by molar-refractivity contribution is 0.177. The maximum Gasteiger partial charge on any atom is 0.173 e. The Morgan fingerprint density at radius 1 is 1.25 bits per heavy atom. The quantitative estimate of drug-likeness (QED) is 0.586. The SMILES string of the molecule is Cc1cccc(C)c1NC(=S)N(CCCN1CCC[C@@H](C)C1)Cc1cccs1. The number of hydrogen-bond donors (Lipinski definition) is 1. The van der Waals surface area contributed by atoms with Crippen LogP contribution in [-0.4, -0.2) is 41.1 Å². The van der Waals surface area contributed by atoms with Crippen LogP contribution in [0, 0.1) is 19.8 Å². The molecule has 1 aromatic carbocycles. The zero-order chi connectivity index (χ0) is 19.9. The van der Waals surface area contributed by atoms with Gasteiger partial charge in [0.2, 0.25) is 0 Å². The highest BCUT2D eigenvalue weighted by molar-refractivity contribution is 7.80. The van der Waals surface area contributed by atoms with E-state index in [1.54, 1.807) is 11.3 Å². The lowest BCUT2D eigenvalue weighted by atomic mass is 10.0. The lowest BCUT2D eigenvalue weighted by Gasteiger charge is -2.32. The highest BCUT2D eigenvalue weighted by Gasteiger charge is 2.17. The van der Waals surface area contributed by atoms with E-state index in [-0.39, 0.29) is 0 Å². The van der Waals surface area contributed by atoms with Crippen molar-refractivity contribution >= 4 is 34.4 Å². The van der Waals surface area contributed by atoms with Gasteiger partial charge in [-0.05, 0) is 86.9 Å². The fourth-order valence-electron chi connectivity index (χ4n) is 4.02. The van der Waals surface area contributed by atoms with Gasteiger partial charge in [-0.3, -0.25) is 0 Å². The van der Waals surface area contributed by atoms with Crippen LogP contribution in [0.5, 0.6) is 0 Å². The Hall–Kier alpha value is -1.43. The summed E-state index contributed by atoms with van der Waals surface area (Å²) in [6.45, 7) is 12.2. The van der Waals surface area contributed by atoms with Crippen molar-refractivity contribution in [1.29, 1.82) is 0 Å². The van der Waals surface area contributed by atoms with Gasteiger partial charge < -0.3 is 15.1 Å². The van der Waals surface area contributed by atoms with E-state index in [1.165, 1.54) is 41.9 Å². The first-order valence-electron chi connectivity index (χ1n) is 10.4. The van der Waals surface area contributed by atoms with Crippen LogP contribution in [-0.2, 0) is 6.54 Å². The van der Waals surface area contributed by atoms with Gasteiger partial charge in [-0.25, -0.2) is 0 Å². The molecular weight excluding hydrogens is 382 g/mol. The minimum Gasteiger partial charge on any atom is -0.344 e. The predicted octanol–water partition coefficient (Wildman–Crippen LogP) is 5.69. The summed E-state index contributed by atoms with van der Waals surface area (Å²) in [5, 5.41) is 6.51. The number of para-hydroxylation sites is 1. The van der Waals surface area contributed by atoms with Gasteiger partial charge in [-0.2, -0.15) is 0 Å². The highest BCUT2D eigenvalue weighted by atomic mass is 32.1. The Morgan fingerprint density at radius 3 is 2.71 bits per heavy atom. The van der Waals surface area contributed by atoms with Crippen LogP contribution < -0.4 is 5.32 Å². The molecule has 1 saturated heterocycles. The van der Waals surface area contributed by atoms with Crippen molar-refractivity contribution in [2.24, 2.45) is 5.92 Å².